The van der Waals surface area contributed by atoms with E-state index in [-0.39, 0.29) is 16.4 Å². The standard InChI is InChI=1S/C20H28N6O4S/c1-3-25(4-2)31(29,30)17-11-9-16(10-12-17)23-19-18(26(27)28)20(22-15-21-19)24-13-7-5-6-8-14-24/h9-12,15H,3-8,13-14H2,1-2H3,(H,21,22,23). The fraction of sp³-hybridized carbons (Fsp3) is 0.500. The molecule has 2 aromatic rings. The van der Waals surface area contributed by atoms with Gasteiger partial charge in [0.05, 0.1) is 9.82 Å². The van der Waals surface area contributed by atoms with Crippen LogP contribution in [0, 0.1) is 10.1 Å². The number of rotatable bonds is 8. The Labute approximate surface area is 182 Å². The second kappa shape index (κ2) is 10.0. The minimum Gasteiger partial charge on any atom is -0.351 e. The van der Waals surface area contributed by atoms with Crippen molar-refractivity contribution in [2.75, 3.05) is 36.4 Å². The van der Waals surface area contributed by atoms with Crippen molar-refractivity contribution in [3.05, 3.63) is 40.7 Å². The summed E-state index contributed by atoms with van der Waals surface area (Å²) in [5, 5.41) is 14.8. The fourth-order valence-corrected chi connectivity index (χ4v) is 5.16. The summed E-state index contributed by atoms with van der Waals surface area (Å²) in [5.41, 5.74) is 0.325. The molecule has 1 N–H and O–H groups in total. The summed E-state index contributed by atoms with van der Waals surface area (Å²) in [6, 6.07) is 6.12. The number of nitro groups is 1. The van der Waals surface area contributed by atoms with E-state index in [0.717, 1.165) is 38.8 Å². The van der Waals surface area contributed by atoms with E-state index in [2.05, 4.69) is 15.3 Å². The predicted octanol–water partition coefficient (Wildman–Crippen LogP) is 3.54. The number of hydrogen-bond donors (Lipinski definition) is 1. The van der Waals surface area contributed by atoms with Gasteiger partial charge in [0.25, 0.3) is 0 Å². The highest BCUT2D eigenvalue weighted by Crippen LogP contribution is 2.34. The largest absolute Gasteiger partial charge is 0.353 e. The third-order valence-electron chi connectivity index (χ3n) is 5.35. The van der Waals surface area contributed by atoms with E-state index in [1.54, 1.807) is 26.0 Å². The maximum absolute atomic E-state index is 12.6. The number of benzene rings is 1. The molecular weight excluding hydrogens is 420 g/mol. The Morgan fingerprint density at radius 3 is 2.23 bits per heavy atom. The molecule has 0 saturated carbocycles. The molecule has 1 aromatic heterocycles. The van der Waals surface area contributed by atoms with Gasteiger partial charge in [0.15, 0.2) is 0 Å². The summed E-state index contributed by atoms with van der Waals surface area (Å²) in [6.45, 7) is 5.76. The summed E-state index contributed by atoms with van der Waals surface area (Å²) >= 11 is 0. The van der Waals surface area contributed by atoms with Crippen LogP contribution in [0.4, 0.5) is 23.0 Å². The summed E-state index contributed by atoms with van der Waals surface area (Å²) in [4.78, 5) is 21.8. The molecular formula is C20H28N6O4S. The van der Waals surface area contributed by atoms with Crippen LogP contribution in [-0.2, 0) is 10.0 Å². The number of sulfonamides is 1. The van der Waals surface area contributed by atoms with E-state index < -0.39 is 14.9 Å². The molecule has 168 valence electrons. The SMILES string of the molecule is CCN(CC)S(=O)(=O)c1ccc(Nc2ncnc(N3CCCCCC3)c2[N+](=O)[O-])cc1. The van der Waals surface area contributed by atoms with Crippen LogP contribution in [0.25, 0.3) is 0 Å². The molecule has 1 aliphatic rings. The molecule has 1 aliphatic heterocycles. The molecule has 10 nitrogen and oxygen atoms in total. The van der Waals surface area contributed by atoms with Gasteiger partial charge >= 0.3 is 5.69 Å². The highest BCUT2D eigenvalue weighted by molar-refractivity contribution is 7.89. The number of anilines is 3. The van der Waals surface area contributed by atoms with Gasteiger partial charge in [-0.15, -0.1) is 0 Å². The van der Waals surface area contributed by atoms with Crippen molar-refractivity contribution in [3.63, 3.8) is 0 Å². The van der Waals surface area contributed by atoms with Crippen LogP contribution in [0.5, 0.6) is 0 Å². The van der Waals surface area contributed by atoms with Crippen molar-refractivity contribution in [1.82, 2.24) is 14.3 Å². The van der Waals surface area contributed by atoms with Gasteiger partial charge in [-0.3, -0.25) is 10.1 Å². The van der Waals surface area contributed by atoms with Gasteiger partial charge in [-0.1, -0.05) is 26.7 Å². The van der Waals surface area contributed by atoms with E-state index in [1.165, 1.54) is 22.8 Å². The predicted molar refractivity (Wildman–Crippen MR) is 119 cm³/mol. The van der Waals surface area contributed by atoms with Gasteiger partial charge in [-0.05, 0) is 37.1 Å². The van der Waals surface area contributed by atoms with Crippen molar-refractivity contribution < 1.29 is 13.3 Å². The van der Waals surface area contributed by atoms with Crippen LogP contribution >= 0.6 is 0 Å². The Morgan fingerprint density at radius 2 is 1.68 bits per heavy atom. The zero-order chi connectivity index (χ0) is 22.4. The van der Waals surface area contributed by atoms with Gasteiger partial charge in [0, 0.05) is 31.9 Å². The first-order valence-electron chi connectivity index (χ1n) is 10.5. The van der Waals surface area contributed by atoms with Gasteiger partial charge in [-0.2, -0.15) is 4.31 Å². The first-order chi connectivity index (χ1) is 14.9. The van der Waals surface area contributed by atoms with Crippen molar-refractivity contribution >= 4 is 33.0 Å². The number of nitrogens with one attached hydrogen (secondary N) is 1. The maximum atomic E-state index is 12.6. The van der Waals surface area contributed by atoms with E-state index >= 15 is 0 Å². The van der Waals surface area contributed by atoms with Gasteiger partial charge in [0.2, 0.25) is 21.7 Å². The number of nitrogens with zero attached hydrogens (tertiary/aromatic N) is 5. The molecule has 1 aromatic carbocycles. The van der Waals surface area contributed by atoms with Crippen LogP contribution in [0.15, 0.2) is 35.5 Å². The van der Waals surface area contributed by atoms with Crippen molar-refractivity contribution in [2.24, 2.45) is 0 Å². The smallest absolute Gasteiger partial charge is 0.351 e. The topological polar surface area (TPSA) is 122 Å². The molecule has 0 amide bonds. The molecule has 0 bridgehead atoms. The van der Waals surface area contributed by atoms with Crippen LogP contribution < -0.4 is 10.2 Å². The molecule has 0 atom stereocenters. The summed E-state index contributed by atoms with van der Waals surface area (Å²) in [5.74, 6) is 0.392. The van der Waals surface area contributed by atoms with E-state index in [4.69, 9.17) is 0 Å². The van der Waals surface area contributed by atoms with Gasteiger partial charge in [0.1, 0.15) is 6.33 Å². The normalized spacial score (nSPS) is 15.0. The lowest BCUT2D eigenvalue weighted by molar-refractivity contribution is -0.383. The molecule has 1 saturated heterocycles. The molecule has 0 aliphatic carbocycles. The molecule has 0 unspecified atom stereocenters. The van der Waals surface area contributed by atoms with Crippen molar-refractivity contribution in [3.8, 4) is 0 Å². The molecule has 0 radical (unpaired) electrons. The average molecular weight is 449 g/mol. The lowest BCUT2D eigenvalue weighted by Crippen LogP contribution is -2.30. The van der Waals surface area contributed by atoms with Crippen LogP contribution in [-0.4, -0.2) is 53.8 Å². The highest BCUT2D eigenvalue weighted by atomic mass is 32.2. The van der Waals surface area contributed by atoms with Gasteiger partial charge in [-0.25, -0.2) is 18.4 Å². The Morgan fingerprint density at radius 1 is 1.06 bits per heavy atom. The Balaban J connectivity index is 1.89. The van der Waals surface area contributed by atoms with E-state index in [9.17, 15) is 18.5 Å². The minimum absolute atomic E-state index is 0.0820. The quantitative estimate of drug-likeness (QED) is 0.481. The first kappa shape index (κ1) is 22.9. The molecule has 11 heteroatoms. The average Bonchev–Trinajstić information content (AvgIpc) is 3.04. The third-order valence-corrected chi connectivity index (χ3v) is 7.42. The van der Waals surface area contributed by atoms with Crippen molar-refractivity contribution in [1.29, 1.82) is 0 Å². The first-order valence-corrected chi connectivity index (χ1v) is 11.9. The summed E-state index contributed by atoms with van der Waals surface area (Å²) in [6.07, 6.45) is 5.44. The highest BCUT2D eigenvalue weighted by Gasteiger charge is 2.28. The monoisotopic (exact) mass is 448 g/mol. The van der Waals surface area contributed by atoms with Crippen molar-refractivity contribution in [2.45, 2.75) is 44.4 Å². The lowest BCUT2D eigenvalue weighted by atomic mass is 10.2. The van der Waals surface area contributed by atoms with Crippen LogP contribution in [0.3, 0.4) is 0 Å². The van der Waals surface area contributed by atoms with Crippen LogP contribution in [0.1, 0.15) is 39.5 Å². The number of aromatic nitrogens is 2. The minimum atomic E-state index is -3.57. The Kier molecular flexibility index (Phi) is 7.39. The summed E-state index contributed by atoms with van der Waals surface area (Å²) < 4.78 is 26.7. The molecule has 0 spiro atoms. The Hall–Kier alpha value is -2.79. The molecule has 2 heterocycles. The maximum Gasteiger partial charge on any atom is 0.353 e. The Bertz CT molecular complexity index is 1000. The van der Waals surface area contributed by atoms with Gasteiger partial charge < -0.3 is 10.2 Å². The summed E-state index contributed by atoms with van der Waals surface area (Å²) in [7, 11) is -3.57. The zero-order valence-corrected chi connectivity index (χ0v) is 18.6. The van der Waals surface area contributed by atoms with Crippen LogP contribution in [0.2, 0.25) is 0 Å². The lowest BCUT2D eigenvalue weighted by Gasteiger charge is -2.21. The fourth-order valence-electron chi connectivity index (χ4n) is 3.70. The molecule has 1 fully saturated rings. The van der Waals surface area contributed by atoms with E-state index in [0.29, 0.717) is 24.6 Å². The second-order valence-corrected chi connectivity index (χ2v) is 9.23. The third kappa shape index (κ3) is 5.10. The molecule has 31 heavy (non-hydrogen) atoms. The van der Waals surface area contributed by atoms with E-state index in [1.807, 2.05) is 4.90 Å². The number of hydrogen-bond acceptors (Lipinski definition) is 8. The second-order valence-electron chi connectivity index (χ2n) is 7.29. The zero-order valence-electron chi connectivity index (χ0n) is 17.8. The molecule has 3 rings (SSSR count).